The summed E-state index contributed by atoms with van der Waals surface area (Å²) in [5, 5.41) is 20.9. The highest BCUT2D eigenvalue weighted by Crippen LogP contribution is 2.33. The van der Waals surface area contributed by atoms with Crippen LogP contribution in [0.4, 0.5) is 4.39 Å². The number of primary sulfonamides is 1. The fraction of sp³-hybridized carbons (Fsp3) is 0.0741. The maximum Gasteiger partial charge on any atom is 0.355 e. The Hall–Kier alpha value is -4.39. The Labute approximate surface area is 227 Å². The SMILES string of the molecule is COc1cccc(-c2cc(-c3nn(-c4nc(C(=O)O)cs4)cc3Cc3ccc(S(N)(=O)=O)cc3)ccc2F)c1. The number of aromatic nitrogens is 3. The number of ether oxygens (including phenoxy) is 1. The topological polar surface area (TPSA) is 137 Å². The molecule has 0 unspecified atom stereocenters. The van der Waals surface area contributed by atoms with E-state index >= 15 is 0 Å². The molecule has 3 N–H and O–H groups in total. The molecule has 5 rings (SSSR count). The summed E-state index contributed by atoms with van der Waals surface area (Å²) in [5.41, 5.74) is 3.54. The zero-order valence-corrected chi connectivity index (χ0v) is 22.0. The molecule has 0 bridgehead atoms. The number of carbonyl (C=O) groups is 1. The van der Waals surface area contributed by atoms with Gasteiger partial charge in [0.05, 0.1) is 17.7 Å². The number of carboxylic acid groups (broad SMARTS) is 1. The number of halogens is 1. The van der Waals surface area contributed by atoms with E-state index in [2.05, 4.69) is 10.1 Å². The molecule has 0 radical (unpaired) electrons. The summed E-state index contributed by atoms with van der Waals surface area (Å²) in [6.07, 6.45) is 2.07. The third-order valence-electron chi connectivity index (χ3n) is 5.96. The standard InChI is InChI=1S/C27H21FN4O5S2/c1-37-20-4-2-3-17(12-20)22-13-18(7-10-23(22)28)25-19(11-16-5-8-21(9-6-16)39(29,35)36)14-32(31-25)27-30-24(15-38-27)26(33)34/h2-10,12-15H,11H2,1H3,(H,33,34)(H2,29,35,36). The molecule has 0 aliphatic heterocycles. The van der Waals surface area contributed by atoms with Crippen molar-refractivity contribution in [3.05, 3.63) is 101 Å². The normalized spacial score (nSPS) is 11.5. The molecule has 12 heteroatoms. The van der Waals surface area contributed by atoms with Gasteiger partial charge in [0, 0.05) is 34.7 Å². The van der Waals surface area contributed by atoms with Crippen molar-refractivity contribution in [2.45, 2.75) is 11.3 Å². The third kappa shape index (κ3) is 5.58. The number of thiazole rings is 1. The number of carboxylic acids is 1. The molecular formula is C27H21FN4O5S2. The third-order valence-corrected chi connectivity index (χ3v) is 7.72. The Balaban J connectivity index is 1.60. The first-order chi connectivity index (χ1) is 18.6. The molecule has 0 spiro atoms. The number of hydrogen-bond acceptors (Lipinski definition) is 7. The number of methoxy groups -OCH3 is 1. The number of rotatable bonds is 8. The Morgan fingerprint density at radius 1 is 1.10 bits per heavy atom. The first-order valence-corrected chi connectivity index (χ1v) is 13.9. The molecular weight excluding hydrogens is 543 g/mol. The average Bonchev–Trinajstić information content (AvgIpc) is 3.57. The number of nitrogens with zero attached hydrogens (tertiary/aromatic N) is 3. The maximum atomic E-state index is 14.9. The molecule has 2 heterocycles. The van der Waals surface area contributed by atoms with E-state index in [1.54, 1.807) is 54.7 Å². The second kappa shape index (κ2) is 10.4. The van der Waals surface area contributed by atoms with Crippen molar-refractivity contribution in [1.82, 2.24) is 14.8 Å². The molecule has 0 saturated carbocycles. The molecule has 0 saturated heterocycles. The molecule has 0 atom stereocenters. The second-order valence-electron chi connectivity index (χ2n) is 8.56. The first kappa shape index (κ1) is 26.2. The van der Waals surface area contributed by atoms with Gasteiger partial charge in [-0.05, 0) is 53.6 Å². The Kier molecular flexibility index (Phi) is 7.00. The average molecular weight is 565 g/mol. The highest BCUT2D eigenvalue weighted by molar-refractivity contribution is 7.89. The lowest BCUT2D eigenvalue weighted by atomic mass is 9.97. The van der Waals surface area contributed by atoms with E-state index in [9.17, 15) is 22.7 Å². The summed E-state index contributed by atoms with van der Waals surface area (Å²) in [6, 6.07) is 17.9. The highest BCUT2D eigenvalue weighted by Gasteiger charge is 2.18. The summed E-state index contributed by atoms with van der Waals surface area (Å²) < 4.78 is 45.0. The van der Waals surface area contributed by atoms with Gasteiger partial charge in [-0.3, -0.25) is 0 Å². The predicted molar refractivity (Wildman–Crippen MR) is 144 cm³/mol. The Bertz CT molecular complexity index is 1800. The molecule has 9 nitrogen and oxygen atoms in total. The van der Waals surface area contributed by atoms with Crippen LogP contribution in [0.1, 0.15) is 21.6 Å². The van der Waals surface area contributed by atoms with Crippen LogP contribution in [0.2, 0.25) is 0 Å². The minimum atomic E-state index is -3.84. The quantitative estimate of drug-likeness (QED) is 0.278. The van der Waals surface area contributed by atoms with Crippen molar-refractivity contribution in [2.24, 2.45) is 5.14 Å². The van der Waals surface area contributed by atoms with Gasteiger partial charge in [0.15, 0.2) is 5.69 Å². The summed E-state index contributed by atoms with van der Waals surface area (Å²) in [4.78, 5) is 15.5. The van der Waals surface area contributed by atoms with Crippen LogP contribution in [0.3, 0.4) is 0 Å². The number of aromatic carboxylic acids is 1. The van der Waals surface area contributed by atoms with Crippen molar-refractivity contribution in [1.29, 1.82) is 0 Å². The van der Waals surface area contributed by atoms with E-state index < -0.39 is 21.8 Å². The lowest BCUT2D eigenvalue weighted by Gasteiger charge is -2.09. The minimum Gasteiger partial charge on any atom is -0.497 e. The van der Waals surface area contributed by atoms with Gasteiger partial charge in [-0.2, -0.15) is 5.10 Å². The monoisotopic (exact) mass is 564 g/mol. The minimum absolute atomic E-state index is 0.00683. The summed E-state index contributed by atoms with van der Waals surface area (Å²) in [5.74, 6) is -0.984. The van der Waals surface area contributed by atoms with Crippen LogP contribution in [-0.4, -0.2) is 41.4 Å². The van der Waals surface area contributed by atoms with Crippen molar-refractivity contribution in [3.8, 4) is 33.3 Å². The van der Waals surface area contributed by atoms with E-state index in [1.807, 2.05) is 0 Å². The van der Waals surface area contributed by atoms with E-state index in [0.717, 1.165) is 22.5 Å². The van der Waals surface area contributed by atoms with Crippen LogP contribution in [0.5, 0.6) is 5.75 Å². The lowest BCUT2D eigenvalue weighted by molar-refractivity contribution is 0.0691. The fourth-order valence-corrected chi connectivity index (χ4v) is 5.29. The smallest absolute Gasteiger partial charge is 0.355 e. The van der Waals surface area contributed by atoms with E-state index in [1.165, 1.54) is 35.4 Å². The van der Waals surface area contributed by atoms with Gasteiger partial charge in [0.25, 0.3) is 0 Å². The van der Waals surface area contributed by atoms with E-state index in [4.69, 9.17) is 9.88 Å². The van der Waals surface area contributed by atoms with Gasteiger partial charge in [-0.1, -0.05) is 24.3 Å². The fourth-order valence-electron chi connectivity index (χ4n) is 4.05. The highest BCUT2D eigenvalue weighted by atomic mass is 32.2. The van der Waals surface area contributed by atoms with Gasteiger partial charge in [-0.25, -0.2) is 32.4 Å². The van der Waals surface area contributed by atoms with Crippen molar-refractivity contribution < 1.29 is 27.4 Å². The number of nitrogens with two attached hydrogens (primary N) is 1. The van der Waals surface area contributed by atoms with Crippen LogP contribution < -0.4 is 9.88 Å². The predicted octanol–water partition coefficient (Wildman–Crippen LogP) is 4.75. The van der Waals surface area contributed by atoms with Crippen LogP contribution >= 0.6 is 11.3 Å². The number of hydrogen-bond donors (Lipinski definition) is 2. The Morgan fingerprint density at radius 3 is 2.54 bits per heavy atom. The molecule has 0 fully saturated rings. The second-order valence-corrected chi connectivity index (χ2v) is 11.0. The van der Waals surface area contributed by atoms with Crippen LogP contribution in [-0.2, 0) is 16.4 Å². The Morgan fingerprint density at radius 2 is 1.87 bits per heavy atom. The molecule has 39 heavy (non-hydrogen) atoms. The molecule has 0 aliphatic rings. The van der Waals surface area contributed by atoms with Crippen molar-refractivity contribution in [3.63, 3.8) is 0 Å². The van der Waals surface area contributed by atoms with Crippen LogP contribution in [0.25, 0.3) is 27.5 Å². The molecule has 0 amide bonds. The summed E-state index contributed by atoms with van der Waals surface area (Å²) >= 11 is 1.12. The van der Waals surface area contributed by atoms with E-state index in [-0.39, 0.29) is 10.6 Å². The van der Waals surface area contributed by atoms with Gasteiger partial charge in [0.2, 0.25) is 15.2 Å². The maximum absolute atomic E-state index is 14.9. The van der Waals surface area contributed by atoms with E-state index in [0.29, 0.717) is 39.7 Å². The largest absolute Gasteiger partial charge is 0.497 e. The molecule has 5 aromatic rings. The zero-order chi connectivity index (χ0) is 27.7. The van der Waals surface area contributed by atoms with Gasteiger partial charge in [0.1, 0.15) is 11.6 Å². The van der Waals surface area contributed by atoms with Crippen LogP contribution in [0, 0.1) is 5.82 Å². The molecule has 2 aromatic heterocycles. The van der Waals surface area contributed by atoms with Gasteiger partial charge < -0.3 is 9.84 Å². The molecule has 0 aliphatic carbocycles. The van der Waals surface area contributed by atoms with Crippen LogP contribution in [0.15, 0.2) is 83.2 Å². The lowest BCUT2D eigenvalue weighted by Crippen LogP contribution is -2.11. The van der Waals surface area contributed by atoms with Gasteiger partial charge >= 0.3 is 5.97 Å². The van der Waals surface area contributed by atoms with Crippen molar-refractivity contribution >= 4 is 27.3 Å². The van der Waals surface area contributed by atoms with Gasteiger partial charge in [-0.15, -0.1) is 11.3 Å². The summed E-state index contributed by atoms with van der Waals surface area (Å²) in [7, 11) is -2.30. The molecule has 3 aromatic carbocycles. The molecule has 198 valence electrons. The number of benzene rings is 3. The number of sulfonamides is 1. The summed E-state index contributed by atoms with van der Waals surface area (Å²) in [6.45, 7) is 0. The zero-order valence-electron chi connectivity index (χ0n) is 20.4. The van der Waals surface area contributed by atoms with Crippen molar-refractivity contribution in [2.75, 3.05) is 7.11 Å². The first-order valence-electron chi connectivity index (χ1n) is 11.5.